The van der Waals surface area contributed by atoms with E-state index in [1.54, 1.807) is 17.0 Å². The zero-order valence-corrected chi connectivity index (χ0v) is 9.46. The maximum atomic E-state index is 12.0. The molecule has 1 N–H and O–H groups in total. The fourth-order valence-electron chi connectivity index (χ4n) is 2.19. The first-order valence-corrected chi connectivity index (χ1v) is 5.71. The fraction of sp³-hybridized carbons (Fsp3) is 0.636. The van der Waals surface area contributed by atoms with Crippen LogP contribution in [0.2, 0.25) is 0 Å². The van der Waals surface area contributed by atoms with Crippen molar-refractivity contribution in [2.45, 2.75) is 32.4 Å². The Morgan fingerprint density at radius 3 is 3.12 bits per heavy atom. The van der Waals surface area contributed by atoms with Crippen molar-refractivity contribution in [3.8, 4) is 0 Å². The summed E-state index contributed by atoms with van der Waals surface area (Å²) >= 11 is 0. The molecule has 2 heterocycles. The van der Waals surface area contributed by atoms with Gasteiger partial charge in [0, 0.05) is 25.5 Å². The van der Waals surface area contributed by atoms with Crippen LogP contribution in [0.3, 0.4) is 0 Å². The van der Waals surface area contributed by atoms with Crippen LogP contribution in [0.4, 0.5) is 5.82 Å². The highest BCUT2D eigenvalue weighted by molar-refractivity contribution is 5.38. The van der Waals surface area contributed by atoms with Crippen molar-refractivity contribution < 1.29 is 5.11 Å². The predicted octanol–water partition coefficient (Wildman–Crippen LogP) is 0.224. The first-order chi connectivity index (χ1) is 7.77. The van der Waals surface area contributed by atoms with Gasteiger partial charge in [-0.15, -0.1) is 0 Å². The summed E-state index contributed by atoms with van der Waals surface area (Å²) in [5.74, 6) is 0.473. The molecule has 0 aliphatic carbocycles. The Labute approximate surface area is 94.3 Å². The molecule has 1 fully saturated rings. The Balaban J connectivity index is 2.36. The Hall–Kier alpha value is -1.36. The maximum Gasteiger partial charge on any atom is 0.293 e. The first kappa shape index (κ1) is 11.1. The fourth-order valence-corrected chi connectivity index (χ4v) is 2.19. The molecule has 1 atom stereocenters. The Kier molecular flexibility index (Phi) is 3.24. The van der Waals surface area contributed by atoms with Crippen LogP contribution in [0.1, 0.15) is 19.8 Å². The molecule has 1 unspecified atom stereocenters. The van der Waals surface area contributed by atoms with Gasteiger partial charge >= 0.3 is 0 Å². The van der Waals surface area contributed by atoms with Gasteiger partial charge in [0.25, 0.3) is 5.56 Å². The van der Waals surface area contributed by atoms with Gasteiger partial charge < -0.3 is 14.6 Å². The van der Waals surface area contributed by atoms with E-state index >= 15 is 0 Å². The standard InChI is InChI=1S/C11H17N3O2/c1-2-13-7-5-12-10(11(13)16)14-6-3-4-9(14)8-15/h5,7,9,15H,2-4,6,8H2,1H3. The summed E-state index contributed by atoms with van der Waals surface area (Å²) in [5, 5.41) is 9.24. The van der Waals surface area contributed by atoms with Crippen molar-refractivity contribution in [2.75, 3.05) is 18.1 Å². The monoisotopic (exact) mass is 223 g/mol. The number of hydrogen-bond donors (Lipinski definition) is 1. The van der Waals surface area contributed by atoms with Crippen LogP contribution in [0.5, 0.6) is 0 Å². The van der Waals surface area contributed by atoms with E-state index in [4.69, 9.17) is 0 Å². The highest BCUT2D eigenvalue weighted by Crippen LogP contribution is 2.20. The van der Waals surface area contributed by atoms with Gasteiger partial charge in [0.05, 0.1) is 12.6 Å². The minimum absolute atomic E-state index is 0.0490. The van der Waals surface area contributed by atoms with Gasteiger partial charge in [0.1, 0.15) is 0 Å². The topological polar surface area (TPSA) is 58.4 Å². The largest absolute Gasteiger partial charge is 0.394 e. The molecule has 0 aromatic carbocycles. The number of aliphatic hydroxyl groups is 1. The van der Waals surface area contributed by atoms with E-state index in [1.807, 2.05) is 11.8 Å². The van der Waals surface area contributed by atoms with Crippen LogP contribution >= 0.6 is 0 Å². The normalized spacial score (nSPS) is 20.4. The third-order valence-electron chi connectivity index (χ3n) is 3.10. The number of aliphatic hydroxyl groups excluding tert-OH is 1. The summed E-state index contributed by atoms with van der Waals surface area (Å²) in [6.45, 7) is 3.47. The van der Waals surface area contributed by atoms with Crippen molar-refractivity contribution >= 4 is 5.82 Å². The van der Waals surface area contributed by atoms with E-state index in [9.17, 15) is 9.90 Å². The molecule has 0 amide bonds. The molecule has 16 heavy (non-hydrogen) atoms. The van der Waals surface area contributed by atoms with Crippen molar-refractivity contribution in [3.05, 3.63) is 22.7 Å². The van der Waals surface area contributed by atoms with Gasteiger partial charge in [-0.25, -0.2) is 4.98 Å². The summed E-state index contributed by atoms with van der Waals surface area (Å²) in [7, 11) is 0. The maximum absolute atomic E-state index is 12.0. The molecular weight excluding hydrogens is 206 g/mol. The summed E-state index contributed by atoms with van der Waals surface area (Å²) in [5.41, 5.74) is -0.0645. The Morgan fingerprint density at radius 1 is 1.62 bits per heavy atom. The molecular formula is C11H17N3O2. The molecule has 0 spiro atoms. The summed E-state index contributed by atoms with van der Waals surface area (Å²) < 4.78 is 1.63. The predicted molar refractivity (Wildman–Crippen MR) is 61.6 cm³/mol. The van der Waals surface area contributed by atoms with Gasteiger partial charge in [-0.05, 0) is 19.8 Å². The second-order valence-electron chi connectivity index (χ2n) is 4.01. The van der Waals surface area contributed by atoms with Crippen molar-refractivity contribution in [1.82, 2.24) is 9.55 Å². The van der Waals surface area contributed by atoms with E-state index < -0.39 is 0 Å². The van der Waals surface area contributed by atoms with Crippen LogP contribution in [-0.2, 0) is 6.54 Å². The van der Waals surface area contributed by atoms with E-state index in [-0.39, 0.29) is 18.2 Å². The minimum atomic E-state index is -0.0645. The molecule has 1 aromatic rings. The van der Waals surface area contributed by atoms with Crippen LogP contribution < -0.4 is 10.5 Å². The molecule has 5 nitrogen and oxygen atoms in total. The van der Waals surface area contributed by atoms with Gasteiger partial charge in [0.2, 0.25) is 0 Å². The Bertz CT molecular complexity index is 416. The smallest absolute Gasteiger partial charge is 0.293 e. The van der Waals surface area contributed by atoms with Crippen molar-refractivity contribution in [1.29, 1.82) is 0 Å². The van der Waals surface area contributed by atoms with Crippen molar-refractivity contribution in [3.63, 3.8) is 0 Å². The summed E-state index contributed by atoms with van der Waals surface area (Å²) in [4.78, 5) is 18.1. The summed E-state index contributed by atoms with van der Waals surface area (Å²) in [6.07, 6.45) is 5.27. The third-order valence-corrected chi connectivity index (χ3v) is 3.10. The highest BCUT2D eigenvalue weighted by Gasteiger charge is 2.26. The van der Waals surface area contributed by atoms with E-state index in [1.165, 1.54) is 0 Å². The SMILES string of the molecule is CCn1ccnc(N2CCCC2CO)c1=O. The lowest BCUT2D eigenvalue weighted by Crippen LogP contribution is -2.38. The number of anilines is 1. The second kappa shape index (κ2) is 4.65. The van der Waals surface area contributed by atoms with Gasteiger partial charge in [-0.2, -0.15) is 0 Å². The van der Waals surface area contributed by atoms with Gasteiger partial charge in [0.15, 0.2) is 5.82 Å². The molecule has 0 saturated carbocycles. The summed E-state index contributed by atoms with van der Waals surface area (Å²) in [6, 6.07) is 0.0490. The molecule has 5 heteroatoms. The molecule has 2 rings (SSSR count). The second-order valence-corrected chi connectivity index (χ2v) is 4.01. The molecule has 88 valence electrons. The van der Waals surface area contributed by atoms with Crippen LogP contribution in [0, 0.1) is 0 Å². The van der Waals surface area contributed by atoms with E-state index in [0.29, 0.717) is 12.4 Å². The number of hydrogen-bond acceptors (Lipinski definition) is 4. The lowest BCUT2D eigenvalue weighted by molar-refractivity contribution is 0.266. The average molecular weight is 223 g/mol. The van der Waals surface area contributed by atoms with Crippen molar-refractivity contribution in [2.24, 2.45) is 0 Å². The van der Waals surface area contributed by atoms with E-state index in [2.05, 4.69) is 4.98 Å². The quantitative estimate of drug-likeness (QED) is 0.796. The Morgan fingerprint density at radius 2 is 2.44 bits per heavy atom. The zero-order valence-electron chi connectivity index (χ0n) is 9.46. The van der Waals surface area contributed by atoms with Crippen LogP contribution in [-0.4, -0.2) is 33.9 Å². The van der Waals surface area contributed by atoms with Crippen LogP contribution in [0.25, 0.3) is 0 Å². The first-order valence-electron chi connectivity index (χ1n) is 5.71. The number of aryl methyl sites for hydroxylation is 1. The average Bonchev–Trinajstić information content (AvgIpc) is 2.77. The van der Waals surface area contributed by atoms with Crippen LogP contribution in [0.15, 0.2) is 17.2 Å². The molecule has 0 radical (unpaired) electrons. The molecule has 1 aliphatic rings. The highest BCUT2D eigenvalue weighted by atomic mass is 16.3. The number of rotatable bonds is 3. The van der Waals surface area contributed by atoms with E-state index in [0.717, 1.165) is 19.4 Å². The minimum Gasteiger partial charge on any atom is -0.394 e. The molecule has 1 saturated heterocycles. The lowest BCUT2D eigenvalue weighted by Gasteiger charge is -2.23. The molecule has 1 aliphatic heterocycles. The van der Waals surface area contributed by atoms with Gasteiger partial charge in [-0.3, -0.25) is 4.79 Å². The lowest BCUT2D eigenvalue weighted by atomic mass is 10.2. The number of nitrogens with zero attached hydrogens (tertiary/aromatic N) is 3. The third kappa shape index (κ3) is 1.82. The number of aromatic nitrogens is 2. The zero-order chi connectivity index (χ0) is 11.5. The van der Waals surface area contributed by atoms with Gasteiger partial charge in [-0.1, -0.05) is 0 Å². The molecule has 1 aromatic heterocycles. The molecule has 0 bridgehead atoms.